The molecule has 0 saturated carbocycles. The minimum atomic E-state index is -0.513. The van der Waals surface area contributed by atoms with Gasteiger partial charge in [0, 0.05) is 16.7 Å². The zero-order chi connectivity index (χ0) is 15.1. The van der Waals surface area contributed by atoms with Crippen LogP contribution in [0.4, 0.5) is 5.69 Å². The van der Waals surface area contributed by atoms with Crippen molar-refractivity contribution < 1.29 is 9.59 Å². The fraction of sp³-hybridized carbons (Fsp3) is 0.385. The Morgan fingerprint density at radius 1 is 1.25 bits per heavy atom. The molecule has 6 nitrogen and oxygen atoms in total. The summed E-state index contributed by atoms with van der Waals surface area (Å²) in [5.74, 6) is -1.03. The lowest BCUT2D eigenvalue weighted by molar-refractivity contribution is -0.117. The van der Waals surface area contributed by atoms with Gasteiger partial charge in [0.05, 0.1) is 13.1 Å². The zero-order valence-electron chi connectivity index (χ0n) is 11.4. The minimum absolute atomic E-state index is 0.0570. The zero-order valence-corrected chi connectivity index (χ0v) is 12.9. The molecule has 0 radical (unpaired) electrons. The second-order valence-corrected chi connectivity index (χ2v) is 5.26. The highest BCUT2D eigenvalue weighted by Crippen LogP contribution is 2.25. The normalized spacial score (nSPS) is 10.3. The van der Waals surface area contributed by atoms with Gasteiger partial charge in [0.1, 0.15) is 0 Å². The van der Waals surface area contributed by atoms with Crippen LogP contribution >= 0.6 is 15.9 Å². The first kappa shape index (κ1) is 16.5. The molecule has 2 amide bonds. The summed E-state index contributed by atoms with van der Waals surface area (Å²) in [6, 6.07) is 5.68. The van der Waals surface area contributed by atoms with Gasteiger partial charge in [-0.05, 0) is 24.2 Å². The molecule has 0 aliphatic rings. The van der Waals surface area contributed by atoms with Gasteiger partial charge < -0.3 is 21.7 Å². The largest absolute Gasteiger partial charge is 0.368 e. The number of rotatable bonds is 8. The number of nitrogens with zero attached hydrogens (tertiary/aromatic N) is 1. The van der Waals surface area contributed by atoms with E-state index in [1.54, 1.807) is 4.90 Å². The SMILES string of the molecule is CCNCc1ccc(Br)cc1N(CC(N)=O)CC(N)=O. The lowest BCUT2D eigenvalue weighted by Gasteiger charge is -2.25. The maximum absolute atomic E-state index is 11.2. The molecule has 0 aromatic heterocycles. The molecule has 0 bridgehead atoms. The molecular formula is C13H19BrN4O2. The average Bonchev–Trinajstić information content (AvgIpc) is 2.35. The van der Waals surface area contributed by atoms with Crippen LogP contribution in [0.2, 0.25) is 0 Å². The van der Waals surface area contributed by atoms with E-state index >= 15 is 0 Å². The van der Waals surface area contributed by atoms with Crippen LogP contribution in [0.15, 0.2) is 22.7 Å². The number of carbonyl (C=O) groups is 2. The van der Waals surface area contributed by atoms with Crippen LogP contribution in [0, 0.1) is 0 Å². The number of benzene rings is 1. The Labute approximate surface area is 126 Å². The molecule has 1 rings (SSSR count). The first-order chi connectivity index (χ1) is 9.43. The Morgan fingerprint density at radius 3 is 2.35 bits per heavy atom. The van der Waals surface area contributed by atoms with Gasteiger partial charge in [0.25, 0.3) is 0 Å². The molecule has 0 atom stereocenters. The van der Waals surface area contributed by atoms with Crippen molar-refractivity contribution in [2.45, 2.75) is 13.5 Å². The number of nitrogens with two attached hydrogens (primary N) is 2. The molecule has 0 spiro atoms. The van der Waals surface area contributed by atoms with E-state index in [1.807, 2.05) is 25.1 Å². The Kier molecular flexibility index (Phi) is 6.47. The summed E-state index contributed by atoms with van der Waals surface area (Å²) in [7, 11) is 0. The van der Waals surface area contributed by atoms with Gasteiger partial charge in [-0.1, -0.05) is 28.9 Å². The van der Waals surface area contributed by atoms with Crippen LogP contribution in [0.25, 0.3) is 0 Å². The van der Waals surface area contributed by atoms with E-state index in [0.29, 0.717) is 6.54 Å². The van der Waals surface area contributed by atoms with Crippen molar-refractivity contribution in [3.8, 4) is 0 Å². The van der Waals surface area contributed by atoms with Crippen molar-refractivity contribution in [2.75, 3.05) is 24.5 Å². The third kappa shape index (κ3) is 5.18. The Balaban J connectivity index is 3.10. The predicted molar refractivity (Wildman–Crippen MR) is 82.1 cm³/mol. The maximum Gasteiger partial charge on any atom is 0.236 e. The van der Waals surface area contributed by atoms with E-state index in [9.17, 15) is 9.59 Å². The lowest BCUT2D eigenvalue weighted by atomic mass is 10.1. The van der Waals surface area contributed by atoms with E-state index in [4.69, 9.17) is 11.5 Å². The molecule has 0 unspecified atom stereocenters. The number of anilines is 1. The second-order valence-electron chi connectivity index (χ2n) is 4.34. The highest BCUT2D eigenvalue weighted by Gasteiger charge is 2.16. The van der Waals surface area contributed by atoms with Gasteiger partial charge in [0.2, 0.25) is 11.8 Å². The van der Waals surface area contributed by atoms with Gasteiger partial charge in [-0.3, -0.25) is 9.59 Å². The van der Waals surface area contributed by atoms with Crippen LogP contribution in [-0.4, -0.2) is 31.4 Å². The van der Waals surface area contributed by atoms with Crippen LogP contribution in [0.5, 0.6) is 0 Å². The van der Waals surface area contributed by atoms with E-state index in [-0.39, 0.29) is 13.1 Å². The molecule has 110 valence electrons. The molecule has 7 heteroatoms. The molecule has 0 heterocycles. The summed E-state index contributed by atoms with van der Waals surface area (Å²) in [5, 5.41) is 3.21. The highest BCUT2D eigenvalue weighted by molar-refractivity contribution is 9.10. The highest BCUT2D eigenvalue weighted by atomic mass is 79.9. The molecule has 0 saturated heterocycles. The number of amides is 2. The first-order valence-electron chi connectivity index (χ1n) is 6.24. The minimum Gasteiger partial charge on any atom is -0.368 e. The standard InChI is InChI=1S/C13H19BrN4O2/c1-2-17-6-9-3-4-10(14)5-11(9)18(7-12(15)19)8-13(16)20/h3-5,17H,2,6-8H2,1H3,(H2,15,19)(H2,16,20). The van der Waals surface area contributed by atoms with E-state index < -0.39 is 11.8 Å². The summed E-state index contributed by atoms with van der Waals surface area (Å²) in [6.45, 7) is 3.34. The van der Waals surface area contributed by atoms with Crippen molar-refractivity contribution in [1.29, 1.82) is 0 Å². The number of primary amides is 2. The Bertz CT molecular complexity index is 477. The lowest BCUT2D eigenvalue weighted by Crippen LogP contribution is -2.40. The smallest absolute Gasteiger partial charge is 0.236 e. The van der Waals surface area contributed by atoms with Gasteiger partial charge in [-0.2, -0.15) is 0 Å². The maximum atomic E-state index is 11.2. The Hall–Kier alpha value is -1.60. The van der Waals surface area contributed by atoms with Crippen LogP contribution in [0.3, 0.4) is 0 Å². The summed E-state index contributed by atoms with van der Waals surface area (Å²) < 4.78 is 0.853. The number of carbonyl (C=O) groups excluding carboxylic acids is 2. The molecule has 5 N–H and O–H groups in total. The summed E-state index contributed by atoms with van der Waals surface area (Å²) in [5.41, 5.74) is 12.2. The van der Waals surface area contributed by atoms with E-state index in [0.717, 1.165) is 22.3 Å². The first-order valence-corrected chi connectivity index (χ1v) is 7.04. The predicted octanol–water partition coefficient (Wildman–Crippen LogP) is 0.336. The third-order valence-corrected chi connectivity index (χ3v) is 3.14. The van der Waals surface area contributed by atoms with Gasteiger partial charge >= 0.3 is 0 Å². The Morgan fingerprint density at radius 2 is 1.85 bits per heavy atom. The fourth-order valence-corrected chi connectivity index (χ4v) is 2.19. The van der Waals surface area contributed by atoms with E-state index in [2.05, 4.69) is 21.2 Å². The number of hydrogen-bond acceptors (Lipinski definition) is 4. The monoisotopic (exact) mass is 342 g/mol. The van der Waals surface area contributed by atoms with Crippen molar-refractivity contribution in [2.24, 2.45) is 11.5 Å². The van der Waals surface area contributed by atoms with Gasteiger partial charge in [0.15, 0.2) is 0 Å². The van der Waals surface area contributed by atoms with Crippen molar-refractivity contribution >= 4 is 33.4 Å². The second kappa shape index (κ2) is 7.86. The van der Waals surface area contributed by atoms with Gasteiger partial charge in [-0.15, -0.1) is 0 Å². The molecular weight excluding hydrogens is 324 g/mol. The van der Waals surface area contributed by atoms with Crippen LogP contribution in [0.1, 0.15) is 12.5 Å². The number of hydrogen-bond donors (Lipinski definition) is 3. The van der Waals surface area contributed by atoms with Gasteiger partial charge in [-0.25, -0.2) is 0 Å². The molecule has 0 aliphatic heterocycles. The summed E-state index contributed by atoms with van der Waals surface area (Å²) in [4.78, 5) is 23.9. The van der Waals surface area contributed by atoms with Crippen molar-refractivity contribution in [3.05, 3.63) is 28.2 Å². The van der Waals surface area contributed by atoms with Crippen LogP contribution in [-0.2, 0) is 16.1 Å². The van der Waals surface area contributed by atoms with Crippen molar-refractivity contribution in [3.63, 3.8) is 0 Å². The topological polar surface area (TPSA) is 101 Å². The molecule has 1 aromatic rings. The number of nitrogens with one attached hydrogen (secondary N) is 1. The molecule has 20 heavy (non-hydrogen) atoms. The molecule has 0 fully saturated rings. The quantitative estimate of drug-likeness (QED) is 0.633. The number of halogens is 1. The third-order valence-electron chi connectivity index (χ3n) is 2.65. The summed E-state index contributed by atoms with van der Waals surface area (Å²) >= 11 is 3.39. The van der Waals surface area contributed by atoms with Crippen molar-refractivity contribution in [1.82, 2.24) is 5.32 Å². The average molecular weight is 343 g/mol. The van der Waals surface area contributed by atoms with E-state index in [1.165, 1.54) is 0 Å². The molecule has 1 aromatic carbocycles. The molecule has 0 aliphatic carbocycles. The fourth-order valence-electron chi connectivity index (χ4n) is 1.84. The summed E-state index contributed by atoms with van der Waals surface area (Å²) in [6.07, 6.45) is 0. The van der Waals surface area contributed by atoms with Crippen LogP contribution < -0.4 is 21.7 Å².